The fourth-order valence-corrected chi connectivity index (χ4v) is 14.4. The smallest absolute Gasteiger partial charge is 0.462 e. The minimum Gasteiger partial charge on any atom is -0.462 e. The maximum absolute atomic E-state index is 13.1. The number of phosphoric ester groups is 2. The number of carbonyl (C=O) groups is 4. The number of carbonyl (C=O) groups excluding carboxylic acids is 4. The number of hydrogen-bond donors (Lipinski definition) is 3. The van der Waals surface area contributed by atoms with Crippen molar-refractivity contribution in [2.75, 3.05) is 39.6 Å². The van der Waals surface area contributed by atoms with Gasteiger partial charge in [-0.15, -0.1) is 0 Å². The molecule has 17 nitrogen and oxygen atoms in total. The lowest BCUT2D eigenvalue weighted by molar-refractivity contribution is -0.161. The van der Waals surface area contributed by atoms with E-state index in [1.165, 1.54) is 244 Å². The van der Waals surface area contributed by atoms with Crippen LogP contribution in [-0.2, 0) is 65.4 Å². The van der Waals surface area contributed by atoms with Gasteiger partial charge in [-0.2, -0.15) is 0 Å². The highest BCUT2D eigenvalue weighted by Gasteiger charge is 2.30. The molecule has 0 saturated heterocycles. The molecule has 3 N–H and O–H groups in total. The second-order valence-corrected chi connectivity index (χ2v) is 34.2. The van der Waals surface area contributed by atoms with E-state index in [0.29, 0.717) is 25.7 Å². The van der Waals surface area contributed by atoms with Crippen molar-refractivity contribution in [1.82, 2.24) is 0 Å². The van der Waals surface area contributed by atoms with Gasteiger partial charge in [-0.1, -0.05) is 382 Å². The summed E-state index contributed by atoms with van der Waals surface area (Å²) in [5.41, 5.74) is 0. The van der Waals surface area contributed by atoms with Crippen molar-refractivity contribution in [3.8, 4) is 0 Å². The van der Waals surface area contributed by atoms with Crippen LogP contribution in [0.25, 0.3) is 0 Å². The van der Waals surface area contributed by atoms with Gasteiger partial charge in [0.15, 0.2) is 12.2 Å². The quantitative estimate of drug-likeness (QED) is 0.0222. The van der Waals surface area contributed by atoms with Crippen LogP contribution < -0.4 is 0 Å². The van der Waals surface area contributed by atoms with Crippen molar-refractivity contribution in [3.63, 3.8) is 0 Å². The maximum Gasteiger partial charge on any atom is 0.472 e. The van der Waals surface area contributed by atoms with Crippen molar-refractivity contribution in [3.05, 3.63) is 0 Å². The largest absolute Gasteiger partial charge is 0.472 e. The Labute approximate surface area is 626 Å². The lowest BCUT2D eigenvalue weighted by atomic mass is 10.0. The molecule has 0 aromatic rings. The van der Waals surface area contributed by atoms with Crippen LogP contribution in [0.15, 0.2) is 0 Å². The number of esters is 4. The average Bonchev–Trinajstić information content (AvgIpc) is 0.909. The summed E-state index contributed by atoms with van der Waals surface area (Å²) >= 11 is 0. The molecular formula is C83H162O17P2. The van der Waals surface area contributed by atoms with Crippen LogP contribution in [0.5, 0.6) is 0 Å². The Morgan fingerprint density at radius 3 is 0.667 bits per heavy atom. The van der Waals surface area contributed by atoms with Crippen molar-refractivity contribution in [2.45, 2.75) is 452 Å². The molecule has 0 bridgehead atoms. The van der Waals surface area contributed by atoms with Gasteiger partial charge >= 0.3 is 39.5 Å². The highest BCUT2D eigenvalue weighted by atomic mass is 31.2. The standard InChI is InChI=1S/C83H162O17P2/c1-8-9-10-11-12-13-14-15-16-22-25-28-36-43-50-57-64-80(85)93-70-78(99-82(87)66-59-52-45-37-29-26-23-20-18-17-19-21-24-27-33-40-47-54-61-74(2)3)72-97-101(89,90)95-68-77(84)69-96-102(91,92)98-73-79(71-94-81(86)65-58-51-44-39-32-35-42-49-56-63-76(6)7)100-83(88)67-60-53-46-38-31-30-34-41-48-55-62-75(4)5/h74-79,84H,8-73H2,1-7H3,(H,89,90)(H,91,92)/t77-,78-,79-/m1/s1. The highest BCUT2D eigenvalue weighted by molar-refractivity contribution is 7.47. The summed E-state index contributed by atoms with van der Waals surface area (Å²) in [6, 6.07) is 0. The van der Waals surface area contributed by atoms with Crippen LogP contribution in [0.3, 0.4) is 0 Å². The van der Waals surface area contributed by atoms with E-state index in [9.17, 15) is 43.2 Å². The molecule has 102 heavy (non-hydrogen) atoms. The molecule has 2 unspecified atom stereocenters. The molecule has 0 aromatic carbocycles. The van der Waals surface area contributed by atoms with Crippen LogP contribution >= 0.6 is 15.6 Å². The Morgan fingerprint density at radius 2 is 0.451 bits per heavy atom. The highest BCUT2D eigenvalue weighted by Crippen LogP contribution is 2.45. The monoisotopic (exact) mass is 1490 g/mol. The number of rotatable bonds is 81. The first-order chi connectivity index (χ1) is 49.2. The number of hydrogen-bond acceptors (Lipinski definition) is 15. The molecule has 0 aliphatic rings. The van der Waals surface area contributed by atoms with Crippen LogP contribution in [0.2, 0.25) is 0 Å². The molecule has 0 fully saturated rings. The first-order valence-electron chi connectivity index (χ1n) is 42.8. The van der Waals surface area contributed by atoms with Gasteiger partial charge in [-0.25, -0.2) is 9.13 Å². The molecule has 0 aliphatic heterocycles. The van der Waals surface area contributed by atoms with Crippen LogP contribution in [-0.4, -0.2) is 96.7 Å². The zero-order valence-electron chi connectivity index (χ0n) is 67.1. The molecule has 0 aliphatic carbocycles. The molecule has 19 heteroatoms. The normalized spacial score (nSPS) is 13.9. The molecule has 0 radical (unpaired) electrons. The lowest BCUT2D eigenvalue weighted by Crippen LogP contribution is -2.30. The van der Waals surface area contributed by atoms with Gasteiger partial charge in [-0.05, 0) is 43.4 Å². The molecule has 0 heterocycles. The number of aliphatic hydroxyl groups is 1. The second-order valence-electron chi connectivity index (χ2n) is 31.3. The van der Waals surface area contributed by atoms with Crippen molar-refractivity contribution >= 4 is 39.5 Å². The van der Waals surface area contributed by atoms with Gasteiger partial charge < -0.3 is 33.8 Å². The van der Waals surface area contributed by atoms with Gasteiger partial charge in [0.2, 0.25) is 0 Å². The lowest BCUT2D eigenvalue weighted by Gasteiger charge is -2.21. The van der Waals surface area contributed by atoms with Gasteiger partial charge in [0, 0.05) is 25.7 Å². The number of phosphoric acid groups is 2. The van der Waals surface area contributed by atoms with Gasteiger partial charge in [-0.3, -0.25) is 37.3 Å². The minimum atomic E-state index is -4.96. The first kappa shape index (κ1) is 100. The van der Waals surface area contributed by atoms with Gasteiger partial charge in [0.1, 0.15) is 19.3 Å². The van der Waals surface area contributed by atoms with E-state index in [1.54, 1.807) is 0 Å². The Morgan fingerprint density at radius 1 is 0.265 bits per heavy atom. The molecule has 0 spiro atoms. The molecule has 0 saturated carbocycles. The van der Waals surface area contributed by atoms with Crippen LogP contribution in [0, 0.1) is 17.8 Å². The Balaban J connectivity index is 5.24. The fraction of sp³-hybridized carbons (Fsp3) is 0.952. The van der Waals surface area contributed by atoms with E-state index in [4.69, 9.17) is 37.0 Å². The zero-order chi connectivity index (χ0) is 75.1. The third-order valence-corrected chi connectivity index (χ3v) is 21.3. The molecular weight excluding hydrogens is 1330 g/mol. The molecule has 0 aromatic heterocycles. The number of ether oxygens (including phenoxy) is 4. The average molecular weight is 1490 g/mol. The van der Waals surface area contributed by atoms with Crippen LogP contribution in [0.1, 0.15) is 434 Å². The van der Waals surface area contributed by atoms with E-state index in [-0.39, 0.29) is 25.7 Å². The van der Waals surface area contributed by atoms with Crippen molar-refractivity contribution in [2.24, 2.45) is 17.8 Å². The maximum atomic E-state index is 13.1. The Hall–Kier alpha value is -1.94. The summed E-state index contributed by atoms with van der Waals surface area (Å²) < 4.78 is 68.8. The molecule has 0 amide bonds. The summed E-state index contributed by atoms with van der Waals surface area (Å²) in [4.78, 5) is 73.1. The topological polar surface area (TPSA) is 237 Å². The summed E-state index contributed by atoms with van der Waals surface area (Å²) in [6.07, 6.45) is 62.5. The van der Waals surface area contributed by atoms with Crippen molar-refractivity contribution in [1.29, 1.82) is 0 Å². The summed E-state index contributed by atoms with van der Waals surface area (Å²) in [5.74, 6) is 0.208. The van der Waals surface area contributed by atoms with Crippen molar-refractivity contribution < 1.29 is 80.2 Å². The van der Waals surface area contributed by atoms with E-state index < -0.39 is 97.5 Å². The second kappa shape index (κ2) is 73.2. The minimum absolute atomic E-state index is 0.106. The zero-order valence-corrected chi connectivity index (χ0v) is 68.9. The molecule has 606 valence electrons. The van der Waals surface area contributed by atoms with Crippen LogP contribution in [0.4, 0.5) is 0 Å². The summed E-state index contributed by atoms with van der Waals surface area (Å²) in [7, 11) is -9.92. The molecule has 5 atom stereocenters. The van der Waals surface area contributed by atoms with Gasteiger partial charge in [0.05, 0.1) is 26.4 Å². The Bertz CT molecular complexity index is 1970. The predicted molar refractivity (Wildman–Crippen MR) is 418 cm³/mol. The van der Waals surface area contributed by atoms with E-state index in [0.717, 1.165) is 108 Å². The third kappa shape index (κ3) is 76.3. The first-order valence-corrected chi connectivity index (χ1v) is 45.8. The summed E-state index contributed by atoms with van der Waals surface area (Å²) in [5, 5.41) is 10.7. The van der Waals surface area contributed by atoms with E-state index in [2.05, 4.69) is 48.5 Å². The third-order valence-electron chi connectivity index (χ3n) is 19.4. The van der Waals surface area contributed by atoms with E-state index >= 15 is 0 Å². The SMILES string of the molecule is CCCCCCCCCCCCCCCCCCC(=O)OC[C@H](COP(=O)(O)OC[C@@H](O)COP(=O)(O)OC[C@@H](COC(=O)CCCCCCCCCCCC(C)C)OC(=O)CCCCCCCCCCCCC(C)C)OC(=O)CCCCCCCCCCCCCCCCCCCCC(C)C. The Kier molecular flexibility index (Phi) is 71.8. The molecule has 0 rings (SSSR count). The predicted octanol–water partition coefficient (Wildman–Crippen LogP) is 24.9. The number of aliphatic hydroxyl groups excluding tert-OH is 1. The number of unbranched alkanes of at least 4 members (excludes halogenated alkanes) is 49. The van der Waals surface area contributed by atoms with E-state index in [1.807, 2.05) is 0 Å². The summed E-state index contributed by atoms with van der Waals surface area (Å²) in [6.45, 7) is 12.0. The van der Waals surface area contributed by atoms with Gasteiger partial charge in [0.25, 0.3) is 0 Å². The fourth-order valence-electron chi connectivity index (χ4n) is 12.8.